The zero-order valence-corrected chi connectivity index (χ0v) is 16.3. The Hall–Kier alpha value is -3.85. The van der Waals surface area contributed by atoms with E-state index in [2.05, 4.69) is 27.7 Å². The highest BCUT2D eigenvalue weighted by atomic mass is 16.4. The molecule has 0 aliphatic heterocycles. The minimum absolute atomic E-state index is 0.0224. The van der Waals surface area contributed by atoms with Gasteiger partial charge in [0, 0.05) is 17.3 Å². The van der Waals surface area contributed by atoms with Gasteiger partial charge in [0.25, 0.3) is 0 Å². The van der Waals surface area contributed by atoms with Crippen LogP contribution in [0.1, 0.15) is 43.7 Å². The van der Waals surface area contributed by atoms with E-state index in [4.69, 9.17) is 5.11 Å². The zero-order valence-electron chi connectivity index (χ0n) is 16.3. The molecule has 30 heavy (non-hydrogen) atoms. The van der Waals surface area contributed by atoms with Gasteiger partial charge in [-0.25, -0.2) is 4.52 Å². The molecule has 0 spiro atoms. The number of carbonyl (C=O) groups is 1. The smallest absolute Gasteiger partial charge is 0.322 e. The molecule has 4 rings (SSSR count). The van der Waals surface area contributed by atoms with Crippen LogP contribution in [0.5, 0.6) is 0 Å². The standard InChI is InChI=1S/C21H21N7O2/c22-8-7-17(14-3-1-2-4-14)27-13-16(11-25-27)21-15(9-23)10-26-28-18(21)5-6-19(28)24-12-20(29)30/h5-6,10-11,13-14,17,24H,1-4,7,12H2,(H,29,30). The Balaban J connectivity index is 1.75. The molecule has 0 radical (unpaired) electrons. The second kappa shape index (κ2) is 8.26. The fraction of sp³-hybridized carbons (Fsp3) is 0.381. The molecule has 2 N–H and O–H groups in total. The van der Waals surface area contributed by atoms with E-state index < -0.39 is 5.97 Å². The Bertz CT molecular complexity index is 1160. The molecule has 0 saturated heterocycles. The molecular weight excluding hydrogens is 382 g/mol. The molecule has 1 unspecified atom stereocenters. The van der Waals surface area contributed by atoms with Crippen molar-refractivity contribution in [3.05, 3.63) is 36.3 Å². The van der Waals surface area contributed by atoms with Crippen molar-refractivity contribution in [3.63, 3.8) is 0 Å². The van der Waals surface area contributed by atoms with Crippen LogP contribution in [0.25, 0.3) is 16.6 Å². The van der Waals surface area contributed by atoms with Crippen LogP contribution in [0.2, 0.25) is 0 Å². The molecule has 0 amide bonds. The summed E-state index contributed by atoms with van der Waals surface area (Å²) in [5, 5.41) is 39.5. The molecule has 1 atom stereocenters. The fourth-order valence-electron chi connectivity index (χ4n) is 4.31. The lowest BCUT2D eigenvalue weighted by Gasteiger charge is -2.21. The maximum atomic E-state index is 10.9. The molecule has 9 nitrogen and oxygen atoms in total. The van der Waals surface area contributed by atoms with Crippen LogP contribution >= 0.6 is 0 Å². The average molecular weight is 403 g/mol. The van der Waals surface area contributed by atoms with Crippen molar-refractivity contribution in [2.24, 2.45) is 5.92 Å². The molecular formula is C21H21N7O2. The van der Waals surface area contributed by atoms with Crippen LogP contribution < -0.4 is 5.32 Å². The second-order valence-electron chi connectivity index (χ2n) is 7.49. The minimum Gasteiger partial charge on any atom is -0.480 e. The van der Waals surface area contributed by atoms with E-state index >= 15 is 0 Å². The van der Waals surface area contributed by atoms with Gasteiger partial charge < -0.3 is 10.4 Å². The molecule has 152 valence electrons. The van der Waals surface area contributed by atoms with Crippen molar-refractivity contribution >= 4 is 17.3 Å². The van der Waals surface area contributed by atoms with Crippen molar-refractivity contribution in [2.45, 2.75) is 38.1 Å². The van der Waals surface area contributed by atoms with Gasteiger partial charge in [-0.1, -0.05) is 12.8 Å². The first-order valence-electron chi connectivity index (χ1n) is 9.90. The molecule has 0 aromatic carbocycles. The number of hydrogen-bond donors (Lipinski definition) is 2. The number of nitrogens with one attached hydrogen (secondary N) is 1. The first kappa shape index (κ1) is 19.5. The molecule has 9 heteroatoms. The van der Waals surface area contributed by atoms with Crippen LogP contribution in [-0.4, -0.2) is 37.0 Å². The molecule has 3 aromatic heterocycles. The molecule has 1 aliphatic carbocycles. The van der Waals surface area contributed by atoms with Crippen LogP contribution in [0.3, 0.4) is 0 Å². The second-order valence-corrected chi connectivity index (χ2v) is 7.49. The summed E-state index contributed by atoms with van der Waals surface area (Å²) in [5.41, 5.74) is 2.54. The highest BCUT2D eigenvalue weighted by Crippen LogP contribution is 2.37. The number of rotatable bonds is 7. The number of nitrogens with zero attached hydrogens (tertiary/aromatic N) is 6. The molecule has 3 heterocycles. The normalized spacial score (nSPS) is 15.0. The third-order valence-electron chi connectivity index (χ3n) is 5.70. The molecule has 3 aromatic rings. The third-order valence-corrected chi connectivity index (χ3v) is 5.70. The summed E-state index contributed by atoms with van der Waals surface area (Å²) in [6.07, 6.45) is 10.0. The van der Waals surface area contributed by atoms with Gasteiger partial charge in [-0.3, -0.25) is 9.48 Å². The van der Waals surface area contributed by atoms with Crippen molar-refractivity contribution in [1.29, 1.82) is 10.5 Å². The van der Waals surface area contributed by atoms with Gasteiger partial charge in [-0.15, -0.1) is 0 Å². The summed E-state index contributed by atoms with van der Waals surface area (Å²) in [4.78, 5) is 10.9. The number of carboxylic acid groups (broad SMARTS) is 1. The van der Waals surface area contributed by atoms with Crippen molar-refractivity contribution in [1.82, 2.24) is 19.4 Å². The molecule has 1 saturated carbocycles. The number of carboxylic acids is 1. The summed E-state index contributed by atoms with van der Waals surface area (Å²) in [6, 6.07) is 8.03. The van der Waals surface area contributed by atoms with E-state index in [-0.39, 0.29) is 12.6 Å². The van der Waals surface area contributed by atoms with Crippen molar-refractivity contribution in [2.75, 3.05) is 11.9 Å². The summed E-state index contributed by atoms with van der Waals surface area (Å²) in [7, 11) is 0. The Labute approximate surface area is 173 Å². The predicted molar refractivity (Wildman–Crippen MR) is 108 cm³/mol. The molecule has 1 fully saturated rings. The SMILES string of the molecule is N#CCC(C1CCCC1)n1cc(-c2c(C#N)cnn3c(NCC(=O)O)ccc23)cn1. The lowest BCUT2D eigenvalue weighted by Crippen LogP contribution is -2.17. The topological polar surface area (TPSA) is 132 Å². The van der Waals surface area contributed by atoms with E-state index in [1.54, 1.807) is 22.8 Å². The van der Waals surface area contributed by atoms with E-state index in [0.717, 1.165) is 18.4 Å². The van der Waals surface area contributed by atoms with Crippen LogP contribution in [0.4, 0.5) is 5.82 Å². The van der Waals surface area contributed by atoms with Crippen molar-refractivity contribution < 1.29 is 9.90 Å². The molecule has 0 bridgehead atoms. The Kier molecular flexibility index (Phi) is 5.36. The first-order valence-corrected chi connectivity index (χ1v) is 9.90. The minimum atomic E-state index is -0.976. The van der Waals surface area contributed by atoms with Crippen LogP contribution in [0.15, 0.2) is 30.7 Å². The van der Waals surface area contributed by atoms with Crippen LogP contribution in [0, 0.1) is 28.6 Å². The van der Waals surface area contributed by atoms with Gasteiger partial charge >= 0.3 is 5.97 Å². The summed E-state index contributed by atoms with van der Waals surface area (Å²) in [6.45, 7) is -0.238. The van der Waals surface area contributed by atoms with Gasteiger partial charge in [0.2, 0.25) is 0 Å². The lowest BCUT2D eigenvalue weighted by molar-refractivity contribution is -0.134. The van der Waals surface area contributed by atoms with Gasteiger partial charge in [-0.05, 0) is 30.9 Å². The van der Waals surface area contributed by atoms with E-state index in [1.807, 2.05) is 10.9 Å². The van der Waals surface area contributed by atoms with E-state index in [0.29, 0.717) is 34.8 Å². The maximum absolute atomic E-state index is 10.9. The highest BCUT2D eigenvalue weighted by molar-refractivity contribution is 5.86. The Morgan fingerprint density at radius 3 is 2.77 bits per heavy atom. The number of anilines is 1. The Morgan fingerprint density at radius 2 is 2.07 bits per heavy atom. The summed E-state index contributed by atoms with van der Waals surface area (Å²) < 4.78 is 3.44. The van der Waals surface area contributed by atoms with Crippen molar-refractivity contribution in [3.8, 4) is 23.3 Å². The fourth-order valence-corrected chi connectivity index (χ4v) is 4.31. The monoisotopic (exact) mass is 403 g/mol. The average Bonchev–Trinajstić information content (AvgIpc) is 3.50. The number of nitriles is 2. The quantitative estimate of drug-likeness (QED) is 0.619. The third kappa shape index (κ3) is 3.58. The van der Waals surface area contributed by atoms with E-state index in [1.165, 1.54) is 19.0 Å². The predicted octanol–water partition coefficient (Wildman–Crippen LogP) is 3.21. The van der Waals surface area contributed by atoms with Gasteiger partial charge in [0.05, 0.1) is 42.0 Å². The highest BCUT2D eigenvalue weighted by Gasteiger charge is 2.27. The summed E-state index contributed by atoms with van der Waals surface area (Å²) >= 11 is 0. The maximum Gasteiger partial charge on any atom is 0.322 e. The van der Waals surface area contributed by atoms with Gasteiger partial charge in [0.15, 0.2) is 0 Å². The van der Waals surface area contributed by atoms with Gasteiger partial charge in [-0.2, -0.15) is 20.7 Å². The number of aromatic nitrogens is 4. The summed E-state index contributed by atoms with van der Waals surface area (Å²) in [5.74, 6) is -0.0141. The first-order chi connectivity index (χ1) is 14.6. The molecule has 1 aliphatic rings. The largest absolute Gasteiger partial charge is 0.480 e. The number of hydrogen-bond acceptors (Lipinski definition) is 6. The lowest BCUT2D eigenvalue weighted by atomic mass is 9.96. The van der Waals surface area contributed by atoms with E-state index in [9.17, 15) is 15.3 Å². The zero-order chi connectivity index (χ0) is 21.1. The van der Waals surface area contributed by atoms with Gasteiger partial charge in [0.1, 0.15) is 18.4 Å². The number of aliphatic carboxylic acids is 1. The van der Waals surface area contributed by atoms with Crippen LogP contribution in [-0.2, 0) is 4.79 Å². The Morgan fingerprint density at radius 1 is 1.27 bits per heavy atom. The number of fused-ring (bicyclic) bond motifs is 1.